The maximum absolute atomic E-state index is 6.18. The van der Waals surface area contributed by atoms with E-state index in [1.807, 2.05) is 12.3 Å². The minimum atomic E-state index is 0.577. The van der Waals surface area contributed by atoms with E-state index in [1.165, 1.54) is 12.8 Å². The molecule has 0 spiro atoms. The molecule has 64 valence electrons. The van der Waals surface area contributed by atoms with Crippen molar-refractivity contribution in [1.82, 2.24) is 9.58 Å². The van der Waals surface area contributed by atoms with Gasteiger partial charge in [-0.05, 0) is 6.07 Å². The largest absolute Gasteiger partial charge is 0.258 e. The standard InChI is InChI=1S/C9H14N3/c10-12(6-1-2-7-12)9-4-3-5-11-8-9/h3-5,8H,1-2,6-7,10H2/q+1. The van der Waals surface area contributed by atoms with Crippen molar-refractivity contribution in [3.63, 3.8) is 0 Å². The molecule has 3 heteroatoms. The predicted molar refractivity (Wildman–Crippen MR) is 49.2 cm³/mol. The maximum atomic E-state index is 6.18. The molecule has 2 N–H and O–H groups in total. The zero-order chi connectivity index (χ0) is 8.44. The van der Waals surface area contributed by atoms with Gasteiger partial charge in [0, 0.05) is 25.1 Å². The van der Waals surface area contributed by atoms with Crippen LogP contribution in [0.2, 0.25) is 0 Å². The molecule has 3 nitrogen and oxygen atoms in total. The van der Waals surface area contributed by atoms with Crippen molar-refractivity contribution < 1.29 is 0 Å². The predicted octanol–water partition coefficient (Wildman–Crippen LogP) is 1.06. The molecule has 1 aromatic rings. The molecule has 1 saturated heterocycles. The summed E-state index contributed by atoms with van der Waals surface area (Å²) in [5.74, 6) is 6.18. The first-order valence-electron chi connectivity index (χ1n) is 4.37. The number of hydrogen-bond acceptors (Lipinski definition) is 2. The fraction of sp³-hybridized carbons (Fsp3) is 0.444. The van der Waals surface area contributed by atoms with Crippen LogP contribution >= 0.6 is 0 Å². The van der Waals surface area contributed by atoms with E-state index < -0.39 is 0 Å². The van der Waals surface area contributed by atoms with Crippen molar-refractivity contribution in [2.45, 2.75) is 12.8 Å². The van der Waals surface area contributed by atoms with E-state index in [9.17, 15) is 0 Å². The lowest BCUT2D eigenvalue weighted by Crippen LogP contribution is -2.53. The summed E-state index contributed by atoms with van der Waals surface area (Å²) in [6.45, 7) is 2.09. The molecular weight excluding hydrogens is 150 g/mol. The van der Waals surface area contributed by atoms with Gasteiger partial charge in [-0.1, -0.05) is 0 Å². The second kappa shape index (κ2) is 2.84. The second-order valence-corrected chi connectivity index (χ2v) is 3.40. The van der Waals surface area contributed by atoms with E-state index in [0.29, 0.717) is 4.59 Å². The Hall–Kier alpha value is -0.930. The van der Waals surface area contributed by atoms with Crippen molar-refractivity contribution >= 4 is 5.69 Å². The first-order valence-corrected chi connectivity index (χ1v) is 4.37. The normalized spacial score (nSPS) is 21.1. The molecule has 0 radical (unpaired) electrons. The minimum Gasteiger partial charge on any atom is -0.258 e. The highest BCUT2D eigenvalue weighted by Gasteiger charge is 2.30. The van der Waals surface area contributed by atoms with Gasteiger partial charge in [-0.25, -0.2) is 4.59 Å². The molecule has 0 saturated carbocycles. The molecule has 0 aromatic carbocycles. The van der Waals surface area contributed by atoms with Crippen LogP contribution in [0.25, 0.3) is 0 Å². The van der Waals surface area contributed by atoms with Crippen molar-refractivity contribution in [3.8, 4) is 0 Å². The van der Waals surface area contributed by atoms with Crippen LogP contribution in [-0.4, -0.2) is 18.1 Å². The van der Waals surface area contributed by atoms with Crippen LogP contribution in [0.15, 0.2) is 24.5 Å². The number of nitrogens with two attached hydrogens (primary N) is 1. The molecule has 0 unspecified atom stereocenters. The van der Waals surface area contributed by atoms with Crippen LogP contribution in [0.1, 0.15) is 12.8 Å². The third-order valence-corrected chi connectivity index (χ3v) is 2.52. The summed E-state index contributed by atoms with van der Waals surface area (Å²) in [7, 11) is 0. The van der Waals surface area contributed by atoms with Crippen LogP contribution in [0, 0.1) is 0 Å². The molecule has 2 heterocycles. The Kier molecular flexibility index (Phi) is 1.83. The fourth-order valence-corrected chi connectivity index (χ4v) is 1.78. The van der Waals surface area contributed by atoms with Gasteiger partial charge in [-0.2, -0.15) is 5.84 Å². The first kappa shape index (κ1) is 7.71. The SMILES string of the molecule is N[N+]1(c2cccnc2)CCCC1. The number of pyridine rings is 1. The summed E-state index contributed by atoms with van der Waals surface area (Å²) in [6, 6.07) is 4.00. The quantitative estimate of drug-likeness (QED) is 0.498. The molecule has 12 heavy (non-hydrogen) atoms. The zero-order valence-electron chi connectivity index (χ0n) is 7.11. The fourth-order valence-electron chi connectivity index (χ4n) is 1.78. The number of aromatic nitrogens is 1. The number of quaternary nitrogens is 1. The summed E-state index contributed by atoms with van der Waals surface area (Å²) < 4.78 is 0.577. The Bertz CT molecular complexity index is 252. The highest BCUT2D eigenvalue weighted by molar-refractivity contribution is 5.38. The van der Waals surface area contributed by atoms with E-state index in [1.54, 1.807) is 6.20 Å². The second-order valence-electron chi connectivity index (χ2n) is 3.40. The van der Waals surface area contributed by atoms with Crippen molar-refractivity contribution in [1.29, 1.82) is 0 Å². The monoisotopic (exact) mass is 164 g/mol. The molecular formula is C9H14N3+. The van der Waals surface area contributed by atoms with Crippen LogP contribution in [-0.2, 0) is 0 Å². The summed E-state index contributed by atoms with van der Waals surface area (Å²) in [5, 5.41) is 0. The summed E-state index contributed by atoms with van der Waals surface area (Å²) in [6.07, 6.45) is 6.10. The highest BCUT2D eigenvalue weighted by atomic mass is 15.6. The van der Waals surface area contributed by atoms with Crippen LogP contribution < -0.4 is 10.4 Å². The average Bonchev–Trinajstić information content (AvgIpc) is 2.55. The number of hydrogen-bond donors (Lipinski definition) is 1. The van der Waals surface area contributed by atoms with E-state index in [-0.39, 0.29) is 0 Å². The van der Waals surface area contributed by atoms with Gasteiger partial charge in [0.1, 0.15) is 13.1 Å². The molecule has 0 atom stereocenters. The third-order valence-electron chi connectivity index (χ3n) is 2.52. The molecule has 0 amide bonds. The van der Waals surface area contributed by atoms with Gasteiger partial charge in [0.25, 0.3) is 0 Å². The first-order chi connectivity index (χ1) is 5.81. The Morgan fingerprint density at radius 3 is 2.67 bits per heavy atom. The molecule has 2 rings (SSSR count). The summed E-state index contributed by atoms with van der Waals surface area (Å²) >= 11 is 0. The van der Waals surface area contributed by atoms with Crippen molar-refractivity contribution in [3.05, 3.63) is 24.5 Å². The van der Waals surface area contributed by atoms with E-state index in [2.05, 4.69) is 11.1 Å². The number of nitrogens with zero attached hydrogens (tertiary/aromatic N) is 2. The van der Waals surface area contributed by atoms with Gasteiger partial charge in [0.05, 0.1) is 6.20 Å². The molecule has 0 bridgehead atoms. The average molecular weight is 164 g/mol. The lowest BCUT2D eigenvalue weighted by Gasteiger charge is -2.25. The minimum absolute atomic E-state index is 0.577. The maximum Gasteiger partial charge on any atom is 0.170 e. The molecule has 0 aliphatic carbocycles. The third kappa shape index (κ3) is 1.21. The van der Waals surface area contributed by atoms with Gasteiger partial charge in [-0.3, -0.25) is 4.98 Å². The van der Waals surface area contributed by atoms with Crippen molar-refractivity contribution in [2.24, 2.45) is 5.84 Å². The Balaban J connectivity index is 2.29. The Morgan fingerprint density at radius 2 is 2.08 bits per heavy atom. The summed E-state index contributed by atoms with van der Waals surface area (Å²) in [4.78, 5) is 4.08. The van der Waals surface area contributed by atoms with Gasteiger partial charge >= 0.3 is 0 Å². The van der Waals surface area contributed by atoms with Crippen LogP contribution in [0.3, 0.4) is 0 Å². The molecule has 1 aromatic heterocycles. The van der Waals surface area contributed by atoms with Crippen LogP contribution in [0.4, 0.5) is 5.69 Å². The zero-order valence-corrected chi connectivity index (χ0v) is 7.11. The van der Waals surface area contributed by atoms with Gasteiger partial charge < -0.3 is 0 Å². The van der Waals surface area contributed by atoms with Crippen molar-refractivity contribution in [2.75, 3.05) is 13.1 Å². The van der Waals surface area contributed by atoms with Gasteiger partial charge in [0.15, 0.2) is 5.69 Å². The Morgan fingerprint density at radius 1 is 1.33 bits per heavy atom. The topological polar surface area (TPSA) is 38.9 Å². The summed E-state index contributed by atoms with van der Waals surface area (Å²) in [5.41, 5.74) is 1.13. The van der Waals surface area contributed by atoms with Gasteiger partial charge in [-0.15, -0.1) is 0 Å². The molecule has 1 fully saturated rings. The number of rotatable bonds is 1. The highest BCUT2D eigenvalue weighted by Crippen LogP contribution is 2.23. The Labute approximate surface area is 72.4 Å². The van der Waals surface area contributed by atoms with E-state index in [4.69, 9.17) is 5.84 Å². The van der Waals surface area contributed by atoms with E-state index >= 15 is 0 Å². The smallest absolute Gasteiger partial charge is 0.170 e. The lowest BCUT2D eigenvalue weighted by molar-refractivity contribution is 0.346. The van der Waals surface area contributed by atoms with Crippen LogP contribution in [0.5, 0.6) is 0 Å². The van der Waals surface area contributed by atoms with E-state index in [0.717, 1.165) is 18.8 Å². The molecule has 1 aliphatic rings. The molecule has 1 aliphatic heterocycles. The van der Waals surface area contributed by atoms with Gasteiger partial charge in [0.2, 0.25) is 0 Å². The lowest BCUT2D eigenvalue weighted by atomic mass is 10.3.